The first-order valence-corrected chi connectivity index (χ1v) is 11.2. The molecular formula is C22H25F6N5O6. The SMILES string of the molecule is Cn1ccnc1C(=O)N[C@@H]1CN(Cc2ccccn2)[C@@H]2CCCO[C@@H]21.O=C(O)C(F)(F)F.O=C(O)C(F)(F)F. The van der Waals surface area contributed by atoms with Gasteiger partial charge in [-0.1, -0.05) is 6.07 Å². The van der Waals surface area contributed by atoms with Gasteiger partial charge in [0.15, 0.2) is 5.82 Å². The van der Waals surface area contributed by atoms with Gasteiger partial charge >= 0.3 is 24.3 Å². The Hall–Kier alpha value is -3.73. The number of aryl methyl sites for hydroxylation is 1. The fraction of sp³-hybridized carbons (Fsp3) is 0.500. The molecular weight excluding hydrogens is 544 g/mol. The number of carbonyl (C=O) groups excluding carboxylic acids is 1. The van der Waals surface area contributed by atoms with Gasteiger partial charge in [0.25, 0.3) is 5.91 Å². The number of carboxylic acid groups (broad SMARTS) is 2. The van der Waals surface area contributed by atoms with E-state index in [1.165, 1.54) is 0 Å². The quantitative estimate of drug-likeness (QED) is 0.472. The molecule has 2 aromatic heterocycles. The fourth-order valence-corrected chi connectivity index (χ4v) is 3.88. The normalized spacial score (nSPS) is 20.9. The lowest BCUT2D eigenvalue weighted by Gasteiger charge is -2.32. The van der Waals surface area contributed by atoms with E-state index in [1.54, 1.807) is 17.0 Å². The standard InChI is InChI=1S/C18H23N5O2.2C2HF3O2/c1-22-9-8-20-17(22)18(24)21-14-12-23(11-13-5-2-3-7-19-13)15-6-4-10-25-16(14)15;2*3-2(4,5)1(6)7/h2-3,5,7-9,14-16H,4,6,10-12H2,1H3,(H,21,24);2*(H,6,7)/t14-,15-,16-;;/m1../s1. The predicted molar refractivity (Wildman–Crippen MR) is 119 cm³/mol. The molecule has 2 saturated heterocycles. The lowest BCUT2D eigenvalue weighted by Crippen LogP contribution is -2.48. The van der Waals surface area contributed by atoms with E-state index in [0.29, 0.717) is 11.9 Å². The lowest BCUT2D eigenvalue weighted by molar-refractivity contribution is -0.193. The van der Waals surface area contributed by atoms with Crippen LogP contribution in [0.5, 0.6) is 0 Å². The summed E-state index contributed by atoms with van der Waals surface area (Å²) in [6.07, 6.45) is -2.76. The van der Waals surface area contributed by atoms with Crippen molar-refractivity contribution in [2.75, 3.05) is 13.2 Å². The topological polar surface area (TPSA) is 147 Å². The third kappa shape index (κ3) is 9.51. The molecule has 0 radical (unpaired) electrons. The van der Waals surface area contributed by atoms with Gasteiger partial charge in [0, 0.05) is 51.4 Å². The van der Waals surface area contributed by atoms with Crippen LogP contribution in [0.1, 0.15) is 29.2 Å². The highest BCUT2D eigenvalue weighted by Gasteiger charge is 2.45. The molecule has 39 heavy (non-hydrogen) atoms. The number of halogens is 6. The van der Waals surface area contributed by atoms with Gasteiger partial charge in [0.1, 0.15) is 0 Å². The Labute approximate surface area is 217 Å². The third-order valence-corrected chi connectivity index (χ3v) is 5.55. The van der Waals surface area contributed by atoms with Gasteiger partial charge < -0.3 is 24.8 Å². The van der Waals surface area contributed by atoms with Crippen LogP contribution in [0, 0.1) is 0 Å². The number of imidazole rings is 1. The number of hydrogen-bond donors (Lipinski definition) is 3. The third-order valence-electron chi connectivity index (χ3n) is 5.55. The van der Waals surface area contributed by atoms with Crippen molar-refractivity contribution in [2.45, 2.75) is 49.9 Å². The average Bonchev–Trinajstić information content (AvgIpc) is 3.43. The first-order valence-electron chi connectivity index (χ1n) is 11.2. The molecule has 0 aliphatic carbocycles. The van der Waals surface area contributed by atoms with Gasteiger partial charge in [-0.2, -0.15) is 26.3 Å². The number of aliphatic carboxylic acids is 2. The number of nitrogens with zero attached hydrogens (tertiary/aromatic N) is 4. The Morgan fingerprint density at radius 1 is 1.05 bits per heavy atom. The molecule has 1 amide bonds. The molecule has 2 fully saturated rings. The Bertz CT molecular complexity index is 1090. The largest absolute Gasteiger partial charge is 0.490 e. The first kappa shape index (κ1) is 31.5. The Morgan fingerprint density at radius 2 is 1.67 bits per heavy atom. The summed E-state index contributed by atoms with van der Waals surface area (Å²) < 4.78 is 71.2. The van der Waals surface area contributed by atoms with E-state index in [0.717, 1.165) is 38.2 Å². The lowest BCUT2D eigenvalue weighted by atomic mass is 10.0. The number of pyridine rings is 1. The van der Waals surface area contributed by atoms with Crippen molar-refractivity contribution < 1.29 is 55.7 Å². The number of rotatable bonds is 4. The van der Waals surface area contributed by atoms with Crippen LogP contribution in [0.4, 0.5) is 26.3 Å². The van der Waals surface area contributed by atoms with Gasteiger partial charge in [0.05, 0.1) is 17.8 Å². The van der Waals surface area contributed by atoms with Crippen LogP contribution < -0.4 is 5.32 Å². The van der Waals surface area contributed by atoms with Gasteiger partial charge in [0.2, 0.25) is 0 Å². The molecule has 4 heterocycles. The molecule has 4 rings (SSSR count). The number of ether oxygens (including phenoxy) is 1. The smallest absolute Gasteiger partial charge is 0.475 e. The van der Waals surface area contributed by atoms with Crippen molar-refractivity contribution >= 4 is 17.8 Å². The maximum Gasteiger partial charge on any atom is 0.490 e. The van der Waals surface area contributed by atoms with E-state index < -0.39 is 24.3 Å². The molecule has 11 nitrogen and oxygen atoms in total. The van der Waals surface area contributed by atoms with Crippen LogP contribution in [0.3, 0.4) is 0 Å². The number of aromatic nitrogens is 3. The van der Waals surface area contributed by atoms with E-state index >= 15 is 0 Å². The zero-order valence-corrected chi connectivity index (χ0v) is 20.3. The minimum absolute atomic E-state index is 0.0293. The number of fused-ring (bicyclic) bond motifs is 1. The average molecular weight is 569 g/mol. The van der Waals surface area contributed by atoms with Gasteiger partial charge in [-0.05, 0) is 25.0 Å². The Morgan fingerprint density at radius 3 is 2.15 bits per heavy atom. The van der Waals surface area contributed by atoms with Crippen LogP contribution in [-0.2, 0) is 27.9 Å². The summed E-state index contributed by atoms with van der Waals surface area (Å²) in [4.78, 5) is 41.3. The number of nitrogens with one attached hydrogen (secondary N) is 1. The second-order valence-electron chi connectivity index (χ2n) is 8.34. The number of carboxylic acids is 2. The van der Waals surface area contributed by atoms with E-state index in [4.69, 9.17) is 24.5 Å². The summed E-state index contributed by atoms with van der Waals surface area (Å²) in [5.41, 5.74) is 1.04. The summed E-state index contributed by atoms with van der Waals surface area (Å²) in [7, 11) is 1.82. The summed E-state index contributed by atoms with van der Waals surface area (Å²) in [5.74, 6) is -5.24. The number of likely N-dealkylation sites (tertiary alicyclic amines) is 1. The maximum atomic E-state index is 12.5. The van der Waals surface area contributed by atoms with Crippen LogP contribution >= 0.6 is 0 Å². The van der Waals surface area contributed by atoms with Crippen molar-refractivity contribution in [1.29, 1.82) is 0 Å². The summed E-state index contributed by atoms with van der Waals surface area (Å²) in [6, 6.07) is 6.27. The van der Waals surface area contributed by atoms with E-state index in [-0.39, 0.29) is 18.1 Å². The minimum atomic E-state index is -5.08. The molecule has 0 unspecified atom stereocenters. The van der Waals surface area contributed by atoms with Crippen LogP contribution in [-0.4, -0.2) is 91.2 Å². The van der Waals surface area contributed by atoms with Crippen molar-refractivity contribution in [1.82, 2.24) is 24.8 Å². The zero-order valence-electron chi connectivity index (χ0n) is 20.3. The van der Waals surface area contributed by atoms with E-state index in [2.05, 4.69) is 20.2 Å². The molecule has 0 saturated carbocycles. The van der Waals surface area contributed by atoms with E-state index in [9.17, 15) is 31.1 Å². The monoisotopic (exact) mass is 569 g/mol. The highest BCUT2D eigenvalue weighted by molar-refractivity contribution is 5.91. The number of carbonyl (C=O) groups is 3. The van der Waals surface area contributed by atoms with Crippen LogP contribution in [0.15, 0.2) is 36.8 Å². The molecule has 17 heteroatoms. The van der Waals surface area contributed by atoms with Gasteiger partial charge in [-0.15, -0.1) is 0 Å². The second kappa shape index (κ2) is 13.4. The fourth-order valence-electron chi connectivity index (χ4n) is 3.88. The summed E-state index contributed by atoms with van der Waals surface area (Å²) in [5, 5.41) is 17.4. The Balaban J connectivity index is 0.000000317. The second-order valence-corrected chi connectivity index (χ2v) is 8.34. The van der Waals surface area contributed by atoms with Crippen LogP contribution in [0.2, 0.25) is 0 Å². The molecule has 2 aliphatic heterocycles. The molecule has 2 aromatic rings. The number of alkyl halides is 6. The van der Waals surface area contributed by atoms with Crippen molar-refractivity contribution in [3.05, 3.63) is 48.3 Å². The molecule has 0 spiro atoms. The molecule has 0 aromatic carbocycles. The molecule has 0 bridgehead atoms. The maximum absolute atomic E-state index is 12.5. The Kier molecular flexibility index (Phi) is 10.8. The summed E-state index contributed by atoms with van der Waals surface area (Å²) >= 11 is 0. The van der Waals surface area contributed by atoms with Crippen LogP contribution in [0.25, 0.3) is 0 Å². The number of hydrogen-bond acceptors (Lipinski definition) is 7. The molecule has 216 valence electrons. The highest BCUT2D eigenvalue weighted by Crippen LogP contribution is 2.30. The zero-order chi connectivity index (χ0) is 29.4. The van der Waals surface area contributed by atoms with Crippen molar-refractivity contribution in [3.8, 4) is 0 Å². The van der Waals surface area contributed by atoms with E-state index in [1.807, 2.05) is 31.4 Å². The first-order chi connectivity index (χ1) is 18.1. The van der Waals surface area contributed by atoms with Gasteiger partial charge in [-0.25, -0.2) is 14.6 Å². The molecule has 2 aliphatic rings. The van der Waals surface area contributed by atoms with Crippen molar-refractivity contribution in [3.63, 3.8) is 0 Å². The molecule has 3 atom stereocenters. The number of amides is 1. The summed E-state index contributed by atoms with van der Waals surface area (Å²) in [6.45, 7) is 2.30. The van der Waals surface area contributed by atoms with Crippen molar-refractivity contribution in [2.24, 2.45) is 7.05 Å². The predicted octanol–water partition coefficient (Wildman–Crippen LogP) is 2.24. The molecule has 3 N–H and O–H groups in total. The highest BCUT2D eigenvalue weighted by atomic mass is 19.4. The van der Waals surface area contributed by atoms with Gasteiger partial charge in [-0.3, -0.25) is 14.7 Å². The minimum Gasteiger partial charge on any atom is -0.475 e.